The Morgan fingerprint density at radius 3 is 2.45 bits per heavy atom. The van der Waals surface area contributed by atoms with Crippen molar-refractivity contribution in [2.24, 2.45) is 0 Å². The van der Waals surface area contributed by atoms with Crippen LogP contribution in [0.5, 0.6) is 0 Å². The Labute approximate surface area is 129 Å². The topological polar surface area (TPSA) is 50.4 Å². The Morgan fingerprint density at radius 1 is 1.20 bits per heavy atom. The van der Waals surface area contributed by atoms with E-state index in [1.807, 2.05) is 27.7 Å². The number of carbonyl (C=O) groups excluding carboxylic acids is 1. The van der Waals surface area contributed by atoms with Crippen LogP contribution in [0, 0.1) is 6.92 Å². The van der Waals surface area contributed by atoms with Gasteiger partial charge in [0.2, 0.25) is 0 Å². The molecule has 1 aromatic carbocycles. The maximum absolute atomic E-state index is 11.4. The molecule has 0 saturated carbocycles. The Bertz CT molecular complexity index is 485. The number of carbonyl (C=O) groups is 1. The standard InChI is InChI=1S/C14H20Cl2N2O2/c1-9-7-11(16)12(8-10(9)15)17-5-6-18-13(19)20-14(2,3)4/h7-8,17H,5-6H2,1-4H3,(H,18,19). The van der Waals surface area contributed by atoms with Gasteiger partial charge in [-0.05, 0) is 45.4 Å². The first-order valence-electron chi connectivity index (χ1n) is 6.35. The summed E-state index contributed by atoms with van der Waals surface area (Å²) in [6.45, 7) is 8.30. The molecule has 4 nitrogen and oxygen atoms in total. The summed E-state index contributed by atoms with van der Waals surface area (Å²) >= 11 is 12.1. The van der Waals surface area contributed by atoms with Crippen LogP contribution >= 0.6 is 23.2 Å². The average Bonchev–Trinajstić information content (AvgIpc) is 2.28. The molecule has 0 unspecified atom stereocenters. The molecular formula is C14H20Cl2N2O2. The molecule has 0 spiro atoms. The molecule has 0 aromatic heterocycles. The lowest BCUT2D eigenvalue weighted by Gasteiger charge is -2.19. The summed E-state index contributed by atoms with van der Waals surface area (Å²) in [5.74, 6) is 0. The lowest BCUT2D eigenvalue weighted by molar-refractivity contribution is 0.0530. The number of nitrogens with one attached hydrogen (secondary N) is 2. The van der Waals surface area contributed by atoms with Gasteiger partial charge in [-0.1, -0.05) is 23.2 Å². The first-order valence-corrected chi connectivity index (χ1v) is 7.11. The quantitative estimate of drug-likeness (QED) is 0.816. The first kappa shape index (κ1) is 16.9. The first-order chi connectivity index (χ1) is 9.19. The van der Waals surface area contributed by atoms with Crippen molar-refractivity contribution >= 4 is 35.0 Å². The van der Waals surface area contributed by atoms with Crippen LogP contribution in [0.15, 0.2) is 12.1 Å². The van der Waals surface area contributed by atoms with E-state index in [1.165, 1.54) is 0 Å². The largest absolute Gasteiger partial charge is 0.444 e. The third kappa shape index (κ3) is 5.88. The van der Waals surface area contributed by atoms with E-state index in [-0.39, 0.29) is 0 Å². The van der Waals surface area contributed by atoms with Crippen LogP contribution in [-0.2, 0) is 4.74 Å². The Morgan fingerprint density at radius 2 is 1.85 bits per heavy atom. The lowest BCUT2D eigenvalue weighted by atomic mass is 10.2. The number of halogens is 2. The van der Waals surface area contributed by atoms with Crippen LogP contribution in [0.3, 0.4) is 0 Å². The van der Waals surface area contributed by atoms with E-state index in [0.717, 1.165) is 11.3 Å². The SMILES string of the molecule is Cc1cc(Cl)c(NCCNC(=O)OC(C)(C)C)cc1Cl. The molecule has 1 amide bonds. The predicted molar refractivity (Wildman–Crippen MR) is 83.9 cm³/mol. The molecule has 0 heterocycles. The van der Waals surface area contributed by atoms with Crippen LogP contribution in [0.1, 0.15) is 26.3 Å². The summed E-state index contributed by atoms with van der Waals surface area (Å²) in [7, 11) is 0. The van der Waals surface area contributed by atoms with Crippen LogP contribution in [0.25, 0.3) is 0 Å². The lowest BCUT2D eigenvalue weighted by Crippen LogP contribution is -2.35. The van der Waals surface area contributed by atoms with Gasteiger partial charge in [-0.25, -0.2) is 4.79 Å². The van der Waals surface area contributed by atoms with Crippen molar-refractivity contribution in [3.05, 3.63) is 27.7 Å². The highest BCUT2D eigenvalue weighted by molar-refractivity contribution is 6.35. The van der Waals surface area contributed by atoms with E-state index < -0.39 is 11.7 Å². The molecule has 1 aromatic rings. The fraction of sp³-hybridized carbons (Fsp3) is 0.500. The minimum Gasteiger partial charge on any atom is -0.444 e. The van der Waals surface area contributed by atoms with Gasteiger partial charge < -0.3 is 15.4 Å². The van der Waals surface area contributed by atoms with Gasteiger partial charge in [-0.15, -0.1) is 0 Å². The summed E-state index contributed by atoms with van der Waals surface area (Å²) in [5, 5.41) is 7.02. The fourth-order valence-electron chi connectivity index (χ4n) is 1.46. The second-order valence-electron chi connectivity index (χ2n) is 5.44. The number of amides is 1. The van der Waals surface area contributed by atoms with Crippen LogP contribution in [0.2, 0.25) is 10.0 Å². The van der Waals surface area contributed by atoms with Gasteiger partial charge in [0.1, 0.15) is 5.60 Å². The summed E-state index contributed by atoms with van der Waals surface area (Å²) < 4.78 is 5.12. The molecular weight excluding hydrogens is 299 g/mol. The normalized spacial score (nSPS) is 11.1. The molecule has 2 N–H and O–H groups in total. The molecule has 0 aliphatic heterocycles. The van der Waals surface area contributed by atoms with Gasteiger partial charge in [0.15, 0.2) is 0 Å². The molecule has 112 valence electrons. The van der Waals surface area contributed by atoms with Gasteiger partial charge in [-0.3, -0.25) is 0 Å². The Balaban J connectivity index is 2.38. The average molecular weight is 319 g/mol. The molecule has 0 radical (unpaired) electrons. The van der Waals surface area contributed by atoms with E-state index in [1.54, 1.807) is 12.1 Å². The zero-order valence-corrected chi connectivity index (χ0v) is 13.7. The molecule has 0 atom stereocenters. The van der Waals surface area contributed by atoms with Crippen molar-refractivity contribution < 1.29 is 9.53 Å². The summed E-state index contributed by atoms with van der Waals surface area (Å²) in [4.78, 5) is 11.4. The minimum atomic E-state index is -0.495. The van der Waals surface area contributed by atoms with E-state index >= 15 is 0 Å². The van der Waals surface area contributed by atoms with E-state index in [4.69, 9.17) is 27.9 Å². The molecule has 1 rings (SSSR count). The molecule has 0 bridgehead atoms. The Hall–Kier alpha value is -1.13. The maximum atomic E-state index is 11.4. The zero-order valence-electron chi connectivity index (χ0n) is 12.1. The summed E-state index contributed by atoms with van der Waals surface area (Å²) in [6.07, 6.45) is -0.438. The number of rotatable bonds is 4. The zero-order chi connectivity index (χ0) is 15.3. The second kappa shape index (κ2) is 7.04. The van der Waals surface area contributed by atoms with Crippen molar-refractivity contribution in [2.75, 3.05) is 18.4 Å². The molecule has 0 saturated heterocycles. The monoisotopic (exact) mass is 318 g/mol. The van der Waals surface area contributed by atoms with Crippen molar-refractivity contribution in [3.8, 4) is 0 Å². The summed E-state index contributed by atoms with van der Waals surface area (Å²) in [6, 6.07) is 3.57. The fourth-order valence-corrected chi connectivity index (χ4v) is 1.91. The van der Waals surface area contributed by atoms with Gasteiger partial charge in [0.05, 0.1) is 10.7 Å². The number of ether oxygens (including phenoxy) is 1. The second-order valence-corrected chi connectivity index (χ2v) is 6.25. The predicted octanol–water partition coefficient (Wildman–Crippen LogP) is 4.24. The molecule has 20 heavy (non-hydrogen) atoms. The molecule has 0 aliphatic carbocycles. The van der Waals surface area contributed by atoms with Crippen LogP contribution in [0.4, 0.5) is 10.5 Å². The van der Waals surface area contributed by atoms with Gasteiger partial charge in [0, 0.05) is 18.1 Å². The third-order valence-electron chi connectivity index (χ3n) is 2.36. The minimum absolute atomic E-state index is 0.427. The molecule has 0 fully saturated rings. The van der Waals surface area contributed by atoms with E-state index in [2.05, 4.69) is 10.6 Å². The van der Waals surface area contributed by atoms with Gasteiger partial charge in [0.25, 0.3) is 0 Å². The van der Waals surface area contributed by atoms with Crippen LogP contribution in [-0.4, -0.2) is 24.8 Å². The highest BCUT2D eigenvalue weighted by Crippen LogP contribution is 2.28. The number of anilines is 1. The van der Waals surface area contributed by atoms with E-state index in [0.29, 0.717) is 23.1 Å². The number of hydrogen-bond acceptors (Lipinski definition) is 3. The smallest absolute Gasteiger partial charge is 0.407 e. The third-order valence-corrected chi connectivity index (χ3v) is 3.08. The molecule has 0 aliphatic rings. The number of benzene rings is 1. The van der Waals surface area contributed by atoms with Gasteiger partial charge in [-0.2, -0.15) is 0 Å². The van der Waals surface area contributed by atoms with Gasteiger partial charge >= 0.3 is 6.09 Å². The van der Waals surface area contributed by atoms with Crippen molar-refractivity contribution in [1.82, 2.24) is 5.32 Å². The van der Waals surface area contributed by atoms with Crippen LogP contribution < -0.4 is 10.6 Å². The summed E-state index contributed by atoms with van der Waals surface area (Å²) in [5.41, 5.74) is 1.17. The van der Waals surface area contributed by atoms with Crippen molar-refractivity contribution in [1.29, 1.82) is 0 Å². The number of hydrogen-bond donors (Lipinski definition) is 2. The van der Waals surface area contributed by atoms with Crippen molar-refractivity contribution in [3.63, 3.8) is 0 Å². The maximum Gasteiger partial charge on any atom is 0.407 e. The Kier molecular flexibility index (Phi) is 5.96. The number of alkyl carbamates (subject to hydrolysis) is 1. The number of aryl methyl sites for hydroxylation is 1. The van der Waals surface area contributed by atoms with E-state index in [9.17, 15) is 4.79 Å². The molecule has 6 heteroatoms. The highest BCUT2D eigenvalue weighted by Gasteiger charge is 2.15. The highest BCUT2D eigenvalue weighted by atomic mass is 35.5. The van der Waals surface area contributed by atoms with Crippen molar-refractivity contribution in [2.45, 2.75) is 33.3 Å².